The number of hydrogen-bond acceptors (Lipinski definition) is 5. The number of rotatable bonds is 4. The largest absolute Gasteiger partial charge is 0.352 e. The van der Waals surface area contributed by atoms with Gasteiger partial charge in [-0.25, -0.2) is 0 Å². The third kappa shape index (κ3) is 2.94. The Kier molecular flexibility index (Phi) is 4.91. The fourth-order valence-corrected chi connectivity index (χ4v) is 6.56. The minimum absolute atomic E-state index is 0.205. The van der Waals surface area contributed by atoms with Crippen LogP contribution in [0, 0.1) is 5.92 Å². The van der Waals surface area contributed by atoms with E-state index in [0.717, 1.165) is 16.8 Å². The number of amides is 1. The third-order valence-electron chi connectivity index (χ3n) is 8.07. The van der Waals surface area contributed by atoms with Gasteiger partial charge in [0.2, 0.25) is 5.91 Å². The van der Waals surface area contributed by atoms with Gasteiger partial charge in [-0.3, -0.25) is 19.4 Å². The Morgan fingerprint density at radius 3 is 2.37 bits per heavy atom. The van der Waals surface area contributed by atoms with Gasteiger partial charge in [0.25, 0.3) is 0 Å². The van der Waals surface area contributed by atoms with Crippen molar-refractivity contribution in [3.63, 3.8) is 0 Å². The molecule has 1 fully saturated rings. The summed E-state index contributed by atoms with van der Waals surface area (Å²) in [6.45, 7) is 0. The minimum Gasteiger partial charge on any atom is -0.352 e. The number of aromatic nitrogens is 1. The van der Waals surface area contributed by atoms with E-state index in [1.807, 2.05) is 83.8 Å². The molecule has 6 nitrogen and oxygen atoms in total. The molecule has 184 valence electrons. The standard InChI is InChI=1S/C32H23N3O3/c36-29(21-11-2-1-3-12-21)28-27(30(37)24-15-8-9-19-33-24)32(22-13-5-6-14-23(22)34-31(32)38)26-18-17-20-10-4-7-16-25(20)35(26)28/h1-19,26-28H,(H,34,38). The molecule has 3 aliphatic heterocycles. The monoisotopic (exact) mass is 497 g/mol. The lowest BCUT2D eigenvalue weighted by molar-refractivity contribution is -0.121. The number of anilines is 2. The molecule has 3 aromatic carbocycles. The van der Waals surface area contributed by atoms with E-state index >= 15 is 0 Å². The Labute approximate surface area is 219 Å². The van der Waals surface area contributed by atoms with Crippen molar-refractivity contribution in [2.45, 2.75) is 17.5 Å². The molecule has 1 spiro atoms. The van der Waals surface area contributed by atoms with E-state index in [0.29, 0.717) is 11.3 Å². The number of carbonyl (C=O) groups excluding carboxylic acids is 3. The number of Topliss-reactive ketones (excluding diaryl/α,β-unsaturated/α-hetero) is 2. The summed E-state index contributed by atoms with van der Waals surface area (Å²) in [6, 6.07) is 27.9. The molecule has 38 heavy (non-hydrogen) atoms. The first kappa shape index (κ1) is 22.4. The Morgan fingerprint density at radius 2 is 1.55 bits per heavy atom. The van der Waals surface area contributed by atoms with E-state index in [1.165, 1.54) is 0 Å². The molecule has 0 saturated carbocycles. The van der Waals surface area contributed by atoms with E-state index in [1.54, 1.807) is 36.5 Å². The van der Waals surface area contributed by atoms with Gasteiger partial charge in [-0.2, -0.15) is 0 Å². The van der Waals surface area contributed by atoms with Gasteiger partial charge in [-0.15, -0.1) is 0 Å². The van der Waals surface area contributed by atoms with Crippen molar-refractivity contribution >= 4 is 34.9 Å². The smallest absolute Gasteiger partial charge is 0.238 e. The zero-order valence-electron chi connectivity index (χ0n) is 20.3. The molecule has 7 rings (SSSR count). The van der Waals surface area contributed by atoms with Crippen LogP contribution in [0.2, 0.25) is 0 Å². The number of hydrogen-bond donors (Lipinski definition) is 1. The highest BCUT2D eigenvalue weighted by atomic mass is 16.2. The molecular formula is C32H23N3O3. The zero-order chi connectivity index (χ0) is 25.9. The molecule has 1 N–H and O–H groups in total. The van der Waals surface area contributed by atoms with E-state index in [9.17, 15) is 14.4 Å². The first-order chi connectivity index (χ1) is 18.6. The van der Waals surface area contributed by atoms with Crippen molar-refractivity contribution in [3.8, 4) is 0 Å². The normalized spacial score (nSPS) is 24.5. The van der Waals surface area contributed by atoms with Gasteiger partial charge in [0, 0.05) is 23.1 Å². The Balaban J connectivity index is 1.55. The highest BCUT2D eigenvalue weighted by Crippen LogP contribution is 2.58. The van der Waals surface area contributed by atoms with Gasteiger partial charge in [0.15, 0.2) is 11.6 Å². The van der Waals surface area contributed by atoms with Gasteiger partial charge in [0.1, 0.15) is 17.2 Å². The van der Waals surface area contributed by atoms with E-state index < -0.39 is 23.4 Å². The van der Waals surface area contributed by atoms with Crippen LogP contribution in [0.3, 0.4) is 0 Å². The van der Waals surface area contributed by atoms with Crippen LogP contribution in [0.4, 0.5) is 11.4 Å². The molecule has 0 radical (unpaired) electrons. The number of nitrogens with one attached hydrogen (secondary N) is 1. The second kappa shape index (κ2) is 8.35. The number of benzene rings is 3. The van der Waals surface area contributed by atoms with E-state index in [2.05, 4.69) is 10.3 Å². The predicted molar refractivity (Wildman–Crippen MR) is 145 cm³/mol. The van der Waals surface area contributed by atoms with Crippen molar-refractivity contribution in [2.75, 3.05) is 10.2 Å². The van der Waals surface area contributed by atoms with Gasteiger partial charge in [-0.05, 0) is 35.4 Å². The van der Waals surface area contributed by atoms with Crippen LogP contribution in [0.1, 0.15) is 32.0 Å². The van der Waals surface area contributed by atoms with Crippen LogP contribution < -0.4 is 10.2 Å². The second-order valence-electron chi connectivity index (χ2n) is 9.87. The highest BCUT2D eigenvalue weighted by Gasteiger charge is 2.70. The number of nitrogens with zero attached hydrogens (tertiary/aromatic N) is 2. The predicted octanol–water partition coefficient (Wildman–Crippen LogP) is 4.94. The van der Waals surface area contributed by atoms with Gasteiger partial charge in [0.05, 0.1) is 12.0 Å². The molecule has 4 heterocycles. The summed E-state index contributed by atoms with van der Waals surface area (Å²) in [4.78, 5) is 49.5. The average molecular weight is 498 g/mol. The van der Waals surface area contributed by atoms with Crippen LogP contribution in [-0.4, -0.2) is 34.5 Å². The molecule has 1 amide bonds. The van der Waals surface area contributed by atoms with Crippen LogP contribution >= 0.6 is 0 Å². The van der Waals surface area contributed by atoms with Crippen molar-refractivity contribution < 1.29 is 14.4 Å². The van der Waals surface area contributed by atoms with Gasteiger partial charge >= 0.3 is 0 Å². The Hall–Kier alpha value is -4.84. The molecule has 4 unspecified atom stereocenters. The molecule has 0 aliphatic carbocycles. The number of ketones is 2. The van der Waals surface area contributed by atoms with Gasteiger partial charge < -0.3 is 10.2 Å². The number of carbonyl (C=O) groups is 3. The molecular weight excluding hydrogens is 474 g/mol. The number of fused-ring (bicyclic) bond motifs is 6. The van der Waals surface area contributed by atoms with Crippen molar-refractivity contribution in [1.82, 2.24) is 4.98 Å². The summed E-state index contributed by atoms with van der Waals surface area (Å²) in [5.74, 6) is -1.83. The van der Waals surface area contributed by atoms with Crippen LogP contribution in [0.5, 0.6) is 0 Å². The fourth-order valence-electron chi connectivity index (χ4n) is 6.56. The Morgan fingerprint density at radius 1 is 0.816 bits per heavy atom. The third-order valence-corrected chi connectivity index (χ3v) is 8.07. The number of para-hydroxylation sites is 2. The summed E-state index contributed by atoms with van der Waals surface area (Å²) in [5, 5.41) is 3.04. The fraction of sp³-hybridized carbons (Fsp3) is 0.125. The summed E-state index contributed by atoms with van der Waals surface area (Å²) < 4.78 is 0. The minimum atomic E-state index is -1.33. The SMILES string of the molecule is O=C(c1ccccc1)C1C(C(=O)c2ccccn2)C2(C(=O)Nc3ccccc32)C2C=Cc3ccccc3N12. The topological polar surface area (TPSA) is 79.4 Å². The van der Waals surface area contributed by atoms with Crippen molar-refractivity contribution in [1.29, 1.82) is 0 Å². The maximum atomic E-state index is 14.5. The molecule has 4 atom stereocenters. The summed E-state index contributed by atoms with van der Waals surface area (Å²) in [7, 11) is 0. The summed E-state index contributed by atoms with van der Waals surface area (Å²) >= 11 is 0. The van der Waals surface area contributed by atoms with E-state index in [4.69, 9.17) is 0 Å². The van der Waals surface area contributed by atoms with Gasteiger partial charge in [-0.1, -0.05) is 84.9 Å². The lowest BCUT2D eigenvalue weighted by Crippen LogP contribution is -2.51. The quantitative estimate of drug-likeness (QED) is 0.404. The van der Waals surface area contributed by atoms with Crippen molar-refractivity contribution in [3.05, 3.63) is 132 Å². The molecule has 6 heteroatoms. The summed E-state index contributed by atoms with van der Waals surface area (Å²) in [6.07, 6.45) is 5.53. The maximum Gasteiger partial charge on any atom is 0.238 e. The molecule has 4 aromatic rings. The molecule has 3 aliphatic rings. The first-order valence-corrected chi connectivity index (χ1v) is 12.6. The Bertz CT molecular complexity index is 1630. The first-order valence-electron chi connectivity index (χ1n) is 12.6. The summed E-state index contributed by atoms with van der Waals surface area (Å²) in [5.41, 5.74) is 2.54. The zero-order valence-corrected chi connectivity index (χ0v) is 20.3. The lowest BCUT2D eigenvalue weighted by atomic mass is 9.64. The van der Waals surface area contributed by atoms with E-state index in [-0.39, 0.29) is 23.2 Å². The van der Waals surface area contributed by atoms with Crippen LogP contribution in [-0.2, 0) is 10.2 Å². The molecule has 1 saturated heterocycles. The number of pyridine rings is 1. The lowest BCUT2D eigenvalue weighted by Gasteiger charge is -2.37. The molecule has 1 aromatic heterocycles. The van der Waals surface area contributed by atoms with Crippen LogP contribution in [0.15, 0.2) is 109 Å². The van der Waals surface area contributed by atoms with Crippen molar-refractivity contribution in [2.24, 2.45) is 5.92 Å². The highest BCUT2D eigenvalue weighted by molar-refractivity contribution is 6.18. The molecule has 0 bridgehead atoms. The maximum absolute atomic E-state index is 14.5. The second-order valence-corrected chi connectivity index (χ2v) is 9.87. The van der Waals surface area contributed by atoms with Crippen LogP contribution in [0.25, 0.3) is 6.08 Å². The average Bonchev–Trinajstić information content (AvgIpc) is 3.45.